The van der Waals surface area contributed by atoms with Gasteiger partial charge in [0.05, 0.1) is 0 Å². The first-order chi connectivity index (χ1) is 12.2. The van der Waals surface area contributed by atoms with Crippen molar-refractivity contribution in [2.45, 2.75) is 25.0 Å². The largest absolute Gasteiger partial charge is 0.491 e. The van der Waals surface area contributed by atoms with Crippen molar-refractivity contribution in [3.8, 4) is 5.75 Å². The molecule has 2 N–H and O–H groups in total. The van der Waals surface area contributed by atoms with Crippen LogP contribution in [0.3, 0.4) is 0 Å². The molecule has 0 spiro atoms. The molecular formula is C18H23FN4O2. The Labute approximate surface area is 146 Å². The van der Waals surface area contributed by atoms with Crippen LogP contribution in [0.4, 0.5) is 10.2 Å². The molecule has 1 aromatic carbocycles. The molecule has 0 amide bonds. The summed E-state index contributed by atoms with van der Waals surface area (Å²) < 4.78 is 18.3. The molecule has 0 unspecified atom stereocenters. The fourth-order valence-corrected chi connectivity index (χ4v) is 2.90. The Kier molecular flexibility index (Phi) is 6.14. The van der Waals surface area contributed by atoms with Crippen molar-refractivity contribution >= 4 is 5.82 Å². The van der Waals surface area contributed by atoms with Gasteiger partial charge in [0.25, 0.3) is 0 Å². The average Bonchev–Trinajstić information content (AvgIpc) is 2.67. The number of rotatable bonds is 7. The number of aliphatic hydroxyl groups excluding tert-OH is 1. The van der Waals surface area contributed by atoms with Crippen molar-refractivity contribution in [1.82, 2.24) is 15.5 Å². The van der Waals surface area contributed by atoms with Crippen LogP contribution in [-0.2, 0) is 0 Å². The molecule has 1 fully saturated rings. The minimum Gasteiger partial charge on any atom is -0.491 e. The Morgan fingerprint density at radius 3 is 2.92 bits per heavy atom. The molecule has 25 heavy (non-hydrogen) atoms. The lowest BCUT2D eigenvalue weighted by Gasteiger charge is -2.34. The lowest BCUT2D eigenvalue weighted by Crippen LogP contribution is -2.48. The van der Waals surface area contributed by atoms with E-state index in [1.807, 2.05) is 12.1 Å². The molecule has 3 rings (SSSR count). The number of benzene rings is 1. The van der Waals surface area contributed by atoms with E-state index in [1.165, 1.54) is 12.1 Å². The third-order valence-corrected chi connectivity index (χ3v) is 4.20. The van der Waals surface area contributed by atoms with E-state index in [2.05, 4.69) is 20.4 Å². The highest BCUT2D eigenvalue weighted by atomic mass is 19.1. The van der Waals surface area contributed by atoms with E-state index in [-0.39, 0.29) is 18.5 Å². The van der Waals surface area contributed by atoms with E-state index < -0.39 is 6.10 Å². The summed E-state index contributed by atoms with van der Waals surface area (Å²) in [6.07, 6.45) is 3.16. The molecular weight excluding hydrogens is 323 g/mol. The van der Waals surface area contributed by atoms with Crippen LogP contribution in [0.15, 0.2) is 42.6 Å². The molecule has 1 aromatic heterocycles. The number of hydrogen-bond donors (Lipinski definition) is 2. The topological polar surface area (TPSA) is 70.5 Å². The first-order valence-corrected chi connectivity index (χ1v) is 8.53. The van der Waals surface area contributed by atoms with E-state index in [4.69, 9.17) is 4.74 Å². The molecule has 1 saturated heterocycles. The average molecular weight is 346 g/mol. The summed E-state index contributed by atoms with van der Waals surface area (Å²) in [6.45, 7) is 2.41. The third kappa shape index (κ3) is 5.37. The van der Waals surface area contributed by atoms with E-state index in [1.54, 1.807) is 18.3 Å². The van der Waals surface area contributed by atoms with Gasteiger partial charge in [-0.1, -0.05) is 0 Å². The molecule has 2 aromatic rings. The third-order valence-electron chi connectivity index (χ3n) is 4.20. The van der Waals surface area contributed by atoms with Gasteiger partial charge < -0.3 is 20.1 Å². The van der Waals surface area contributed by atoms with Crippen molar-refractivity contribution in [3.05, 3.63) is 48.4 Å². The Hall–Kier alpha value is -2.25. The van der Waals surface area contributed by atoms with E-state index in [0.29, 0.717) is 12.3 Å². The summed E-state index contributed by atoms with van der Waals surface area (Å²) in [6, 6.07) is 9.91. The van der Waals surface area contributed by atoms with Gasteiger partial charge in [0.15, 0.2) is 5.82 Å². The van der Waals surface area contributed by atoms with E-state index in [0.717, 1.165) is 31.7 Å². The van der Waals surface area contributed by atoms with Crippen LogP contribution in [0.2, 0.25) is 0 Å². The summed E-state index contributed by atoms with van der Waals surface area (Å²) in [4.78, 5) is 2.20. The number of nitrogens with one attached hydrogen (secondary N) is 1. The summed E-state index contributed by atoms with van der Waals surface area (Å²) in [7, 11) is 0. The Morgan fingerprint density at radius 2 is 2.16 bits per heavy atom. The number of piperidine rings is 1. The van der Waals surface area contributed by atoms with Gasteiger partial charge in [-0.05, 0) is 49.2 Å². The van der Waals surface area contributed by atoms with Crippen molar-refractivity contribution < 1.29 is 14.2 Å². The van der Waals surface area contributed by atoms with Crippen LogP contribution in [0.1, 0.15) is 12.8 Å². The second kappa shape index (κ2) is 8.73. The fraction of sp³-hybridized carbons (Fsp3) is 0.444. The second-order valence-corrected chi connectivity index (χ2v) is 6.19. The highest BCUT2D eigenvalue weighted by Gasteiger charge is 2.21. The van der Waals surface area contributed by atoms with Crippen LogP contribution in [-0.4, -0.2) is 53.7 Å². The van der Waals surface area contributed by atoms with Gasteiger partial charge in [-0.25, -0.2) is 4.39 Å². The monoisotopic (exact) mass is 346 g/mol. The first-order valence-electron chi connectivity index (χ1n) is 8.53. The van der Waals surface area contributed by atoms with Gasteiger partial charge >= 0.3 is 0 Å². The molecule has 7 heteroatoms. The number of hydrogen-bond acceptors (Lipinski definition) is 6. The normalized spacial score (nSPS) is 18.8. The molecule has 1 aliphatic heterocycles. The van der Waals surface area contributed by atoms with Crippen LogP contribution < -0.4 is 15.0 Å². The number of anilines is 1. The maximum Gasteiger partial charge on any atom is 0.151 e. The van der Waals surface area contributed by atoms with Crippen molar-refractivity contribution in [2.24, 2.45) is 0 Å². The number of aromatic nitrogens is 2. The maximum absolute atomic E-state index is 12.8. The Balaban J connectivity index is 1.40. The van der Waals surface area contributed by atoms with Gasteiger partial charge in [-0.2, -0.15) is 5.10 Å². The lowest BCUT2D eigenvalue weighted by molar-refractivity contribution is 0.103. The summed E-state index contributed by atoms with van der Waals surface area (Å²) in [5, 5.41) is 21.5. The van der Waals surface area contributed by atoms with Gasteiger partial charge in [0.1, 0.15) is 24.3 Å². The number of halogens is 1. The van der Waals surface area contributed by atoms with Crippen LogP contribution in [0.5, 0.6) is 5.75 Å². The zero-order valence-electron chi connectivity index (χ0n) is 14.0. The molecule has 0 saturated carbocycles. The molecule has 134 valence electrons. The van der Waals surface area contributed by atoms with Gasteiger partial charge in [-0.3, -0.25) is 0 Å². The van der Waals surface area contributed by atoms with Gasteiger partial charge in [0, 0.05) is 31.9 Å². The highest BCUT2D eigenvalue weighted by Crippen LogP contribution is 2.16. The molecule has 0 radical (unpaired) electrons. The van der Waals surface area contributed by atoms with Crippen molar-refractivity contribution in [2.75, 3.05) is 31.1 Å². The van der Waals surface area contributed by atoms with Crippen molar-refractivity contribution in [1.29, 1.82) is 0 Å². The predicted octanol–water partition coefficient (Wildman–Crippen LogP) is 1.61. The predicted molar refractivity (Wildman–Crippen MR) is 93.2 cm³/mol. The van der Waals surface area contributed by atoms with Crippen LogP contribution in [0.25, 0.3) is 0 Å². The summed E-state index contributed by atoms with van der Waals surface area (Å²) in [5.74, 6) is 1.13. The molecule has 0 aliphatic carbocycles. The molecule has 1 aliphatic rings. The number of aliphatic hydroxyl groups is 1. The lowest BCUT2D eigenvalue weighted by atomic mass is 10.1. The molecule has 6 nitrogen and oxygen atoms in total. The molecule has 2 heterocycles. The highest BCUT2D eigenvalue weighted by molar-refractivity contribution is 5.37. The van der Waals surface area contributed by atoms with Gasteiger partial charge in [0.2, 0.25) is 0 Å². The maximum atomic E-state index is 12.8. The minimum absolute atomic E-state index is 0.166. The molecule has 0 bridgehead atoms. The van der Waals surface area contributed by atoms with E-state index >= 15 is 0 Å². The SMILES string of the molecule is O[C@@H](CN[C@H]1CCCN(c2cccnn2)C1)COc1ccc(F)cc1. The second-order valence-electron chi connectivity index (χ2n) is 6.19. The minimum atomic E-state index is -0.628. The zero-order valence-corrected chi connectivity index (χ0v) is 14.0. The standard InChI is InChI=1S/C18H23FN4O2/c19-14-5-7-17(8-6-14)25-13-16(24)11-20-15-3-2-10-23(12-15)18-4-1-9-21-22-18/h1,4-9,15-16,20,24H,2-3,10-13H2/t15-,16-/m0/s1. The first kappa shape index (κ1) is 17.6. The van der Waals surface area contributed by atoms with Crippen LogP contribution >= 0.6 is 0 Å². The fourth-order valence-electron chi connectivity index (χ4n) is 2.90. The quantitative estimate of drug-likeness (QED) is 0.794. The summed E-state index contributed by atoms with van der Waals surface area (Å²) >= 11 is 0. The smallest absolute Gasteiger partial charge is 0.151 e. The summed E-state index contributed by atoms with van der Waals surface area (Å²) in [5.41, 5.74) is 0. The Bertz CT molecular complexity index is 641. The number of nitrogens with zero attached hydrogens (tertiary/aromatic N) is 3. The van der Waals surface area contributed by atoms with Crippen molar-refractivity contribution in [3.63, 3.8) is 0 Å². The van der Waals surface area contributed by atoms with Crippen LogP contribution in [0, 0.1) is 5.82 Å². The van der Waals surface area contributed by atoms with Gasteiger partial charge in [-0.15, -0.1) is 5.10 Å². The molecule has 2 atom stereocenters. The number of ether oxygens (including phenoxy) is 1. The van der Waals surface area contributed by atoms with E-state index in [9.17, 15) is 9.50 Å². The zero-order chi connectivity index (χ0) is 17.5. The Morgan fingerprint density at radius 1 is 1.32 bits per heavy atom.